The SMILES string of the molecule is Cc1cc(Br)c(NC(=O)CN2CCOC(c3ccc(F)cc3)C2)c(Br)c1. The lowest BCUT2D eigenvalue weighted by Gasteiger charge is -2.32. The molecule has 2 aromatic carbocycles. The fraction of sp³-hybridized carbons (Fsp3) is 0.316. The van der Waals surface area contributed by atoms with E-state index in [1.165, 1.54) is 12.1 Å². The highest BCUT2D eigenvalue weighted by Crippen LogP contribution is 2.32. The van der Waals surface area contributed by atoms with Gasteiger partial charge in [0.1, 0.15) is 5.82 Å². The van der Waals surface area contributed by atoms with E-state index < -0.39 is 0 Å². The summed E-state index contributed by atoms with van der Waals surface area (Å²) in [6.45, 7) is 4.07. The fourth-order valence-electron chi connectivity index (χ4n) is 2.93. The molecular formula is C19H19Br2FN2O2. The van der Waals surface area contributed by atoms with Crippen molar-refractivity contribution in [2.75, 3.05) is 31.6 Å². The molecule has 0 aromatic heterocycles. The molecule has 1 fully saturated rings. The minimum Gasteiger partial charge on any atom is -0.371 e. The maximum absolute atomic E-state index is 13.1. The first kappa shape index (κ1) is 19.5. The second-order valence-corrected chi connectivity index (χ2v) is 8.01. The van der Waals surface area contributed by atoms with Crippen molar-refractivity contribution < 1.29 is 13.9 Å². The molecule has 7 heteroatoms. The summed E-state index contributed by atoms with van der Waals surface area (Å²) in [5.41, 5.74) is 2.74. The molecule has 0 radical (unpaired) electrons. The number of nitrogens with one attached hydrogen (secondary N) is 1. The van der Waals surface area contributed by atoms with Crippen LogP contribution < -0.4 is 5.32 Å². The number of amides is 1. The number of rotatable bonds is 4. The molecule has 4 nitrogen and oxygen atoms in total. The molecule has 0 aliphatic carbocycles. The Morgan fingerprint density at radius 3 is 2.58 bits per heavy atom. The molecule has 0 spiro atoms. The lowest BCUT2D eigenvalue weighted by atomic mass is 10.1. The summed E-state index contributed by atoms with van der Waals surface area (Å²) >= 11 is 6.98. The van der Waals surface area contributed by atoms with Crippen LogP contribution >= 0.6 is 31.9 Å². The van der Waals surface area contributed by atoms with E-state index in [2.05, 4.69) is 37.2 Å². The first-order valence-electron chi connectivity index (χ1n) is 8.27. The minimum absolute atomic E-state index is 0.0880. The first-order valence-corrected chi connectivity index (χ1v) is 9.86. The maximum atomic E-state index is 13.1. The summed E-state index contributed by atoms with van der Waals surface area (Å²) in [7, 11) is 0. The number of anilines is 1. The molecule has 0 bridgehead atoms. The zero-order chi connectivity index (χ0) is 18.7. The molecule has 2 aromatic rings. The van der Waals surface area contributed by atoms with Crippen LogP contribution in [-0.2, 0) is 9.53 Å². The highest BCUT2D eigenvalue weighted by molar-refractivity contribution is 9.11. The molecule has 138 valence electrons. The van der Waals surface area contributed by atoms with Crippen molar-refractivity contribution in [2.45, 2.75) is 13.0 Å². The number of hydrogen-bond acceptors (Lipinski definition) is 3. The highest BCUT2D eigenvalue weighted by atomic mass is 79.9. The Labute approximate surface area is 169 Å². The highest BCUT2D eigenvalue weighted by Gasteiger charge is 2.24. The molecule has 1 amide bonds. The number of nitrogens with zero attached hydrogens (tertiary/aromatic N) is 1. The van der Waals surface area contributed by atoms with Gasteiger partial charge >= 0.3 is 0 Å². The molecule has 1 saturated heterocycles. The zero-order valence-electron chi connectivity index (χ0n) is 14.3. The van der Waals surface area contributed by atoms with E-state index >= 15 is 0 Å². The van der Waals surface area contributed by atoms with Crippen molar-refractivity contribution in [2.24, 2.45) is 0 Å². The van der Waals surface area contributed by atoms with E-state index in [0.717, 1.165) is 25.8 Å². The number of ether oxygens (including phenoxy) is 1. The van der Waals surface area contributed by atoms with E-state index in [1.807, 2.05) is 24.0 Å². The van der Waals surface area contributed by atoms with Gasteiger partial charge in [-0.2, -0.15) is 0 Å². The standard InChI is InChI=1S/C19H19Br2FN2O2/c1-12-8-15(20)19(16(21)9-12)23-18(25)11-24-6-7-26-17(10-24)13-2-4-14(22)5-3-13/h2-5,8-9,17H,6-7,10-11H2,1H3,(H,23,25). The van der Waals surface area contributed by atoms with Crippen LogP contribution in [0.15, 0.2) is 45.3 Å². The van der Waals surface area contributed by atoms with Gasteiger partial charge in [0.2, 0.25) is 5.91 Å². The predicted octanol–water partition coefficient (Wildman–Crippen LogP) is 4.67. The van der Waals surface area contributed by atoms with E-state index in [9.17, 15) is 9.18 Å². The molecule has 1 N–H and O–H groups in total. The summed E-state index contributed by atoms with van der Waals surface area (Å²) in [4.78, 5) is 14.5. The number of morpholine rings is 1. The van der Waals surface area contributed by atoms with Crippen molar-refractivity contribution >= 4 is 43.5 Å². The van der Waals surface area contributed by atoms with Gasteiger partial charge in [0.15, 0.2) is 0 Å². The third kappa shape index (κ3) is 4.91. The Bertz CT molecular complexity index is 776. The normalized spacial score (nSPS) is 17.9. The van der Waals surface area contributed by atoms with Crippen molar-refractivity contribution in [1.29, 1.82) is 0 Å². The number of halogens is 3. The summed E-state index contributed by atoms with van der Waals surface area (Å²) < 4.78 is 20.5. The van der Waals surface area contributed by atoms with Gasteiger partial charge in [-0.05, 0) is 74.2 Å². The molecule has 3 rings (SSSR count). The molecule has 1 aliphatic heterocycles. The van der Waals surface area contributed by atoms with Gasteiger partial charge in [0.05, 0.1) is 24.9 Å². The maximum Gasteiger partial charge on any atom is 0.238 e. The summed E-state index contributed by atoms with van der Waals surface area (Å²) in [5.74, 6) is -0.356. The molecule has 1 atom stereocenters. The molecule has 26 heavy (non-hydrogen) atoms. The fourth-order valence-corrected chi connectivity index (χ4v) is 4.54. The van der Waals surface area contributed by atoms with Crippen LogP contribution in [0.5, 0.6) is 0 Å². The van der Waals surface area contributed by atoms with Gasteiger partial charge in [-0.3, -0.25) is 9.69 Å². The van der Waals surface area contributed by atoms with Crippen LogP contribution in [0.3, 0.4) is 0 Å². The first-order chi connectivity index (χ1) is 12.4. The monoisotopic (exact) mass is 484 g/mol. The van der Waals surface area contributed by atoms with Crippen molar-refractivity contribution in [3.05, 3.63) is 62.3 Å². The zero-order valence-corrected chi connectivity index (χ0v) is 17.4. The van der Waals surface area contributed by atoms with E-state index in [1.54, 1.807) is 12.1 Å². The van der Waals surface area contributed by atoms with Gasteiger partial charge in [0, 0.05) is 22.0 Å². The third-order valence-electron chi connectivity index (χ3n) is 4.21. The van der Waals surface area contributed by atoms with E-state index in [4.69, 9.17) is 4.74 Å². The number of aryl methyl sites for hydroxylation is 1. The number of hydrogen-bond donors (Lipinski definition) is 1. The van der Waals surface area contributed by atoms with E-state index in [0.29, 0.717) is 19.7 Å². The van der Waals surface area contributed by atoms with Crippen LogP contribution in [0.4, 0.5) is 10.1 Å². The average Bonchev–Trinajstić information content (AvgIpc) is 2.59. The topological polar surface area (TPSA) is 41.6 Å². The predicted molar refractivity (Wildman–Crippen MR) is 107 cm³/mol. The van der Waals surface area contributed by atoms with Gasteiger partial charge in [-0.1, -0.05) is 12.1 Å². The molecule has 0 saturated carbocycles. The summed E-state index contributed by atoms with van der Waals surface area (Å²) in [6.07, 6.45) is -0.157. The number of benzene rings is 2. The van der Waals surface area contributed by atoms with Gasteiger partial charge in [-0.15, -0.1) is 0 Å². The summed E-state index contributed by atoms with van der Waals surface area (Å²) in [5, 5.41) is 2.95. The Morgan fingerprint density at radius 1 is 1.27 bits per heavy atom. The van der Waals surface area contributed by atoms with Crippen molar-refractivity contribution in [3.63, 3.8) is 0 Å². The second kappa shape index (κ2) is 8.61. The van der Waals surface area contributed by atoms with Gasteiger partial charge < -0.3 is 10.1 Å². The smallest absolute Gasteiger partial charge is 0.238 e. The average molecular weight is 486 g/mol. The van der Waals surface area contributed by atoms with Crippen LogP contribution in [0.25, 0.3) is 0 Å². The van der Waals surface area contributed by atoms with Crippen LogP contribution in [-0.4, -0.2) is 37.0 Å². The summed E-state index contributed by atoms with van der Waals surface area (Å²) in [6, 6.07) is 10.2. The van der Waals surface area contributed by atoms with Crippen LogP contribution in [0.2, 0.25) is 0 Å². The Kier molecular flexibility index (Phi) is 6.45. The van der Waals surface area contributed by atoms with E-state index in [-0.39, 0.29) is 24.4 Å². The molecule has 1 aliphatic rings. The lowest BCUT2D eigenvalue weighted by Crippen LogP contribution is -2.42. The van der Waals surface area contributed by atoms with Crippen molar-refractivity contribution in [1.82, 2.24) is 4.90 Å². The van der Waals surface area contributed by atoms with Crippen molar-refractivity contribution in [3.8, 4) is 0 Å². The molecular weight excluding hydrogens is 467 g/mol. The Balaban J connectivity index is 1.61. The second-order valence-electron chi connectivity index (χ2n) is 6.30. The van der Waals surface area contributed by atoms with Gasteiger partial charge in [-0.25, -0.2) is 4.39 Å². The van der Waals surface area contributed by atoms with Crippen LogP contribution in [0.1, 0.15) is 17.2 Å². The van der Waals surface area contributed by atoms with Crippen LogP contribution in [0, 0.1) is 12.7 Å². The Morgan fingerprint density at radius 2 is 1.92 bits per heavy atom. The minimum atomic E-state index is -0.268. The number of carbonyl (C=O) groups excluding carboxylic acids is 1. The lowest BCUT2D eigenvalue weighted by molar-refractivity contribution is -0.119. The van der Waals surface area contributed by atoms with Gasteiger partial charge in [0.25, 0.3) is 0 Å². The Hall–Kier alpha value is -1.28. The molecule has 1 unspecified atom stereocenters. The number of carbonyl (C=O) groups is 1. The quantitative estimate of drug-likeness (QED) is 0.684. The third-order valence-corrected chi connectivity index (χ3v) is 5.46. The largest absolute Gasteiger partial charge is 0.371 e. The molecule has 1 heterocycles.